The number of hydrogen-bond donors (Lipinski definition) is 3. The second-order valence-corrected chi connectivity index (χ2v) is 13.3. The van der Waals surface area contributed by atoms with Crippen LogP contribution in [0, 0.1) is 12.3 Å². The minimum Gasteiger partial charge on any atom is -0.391 e. The molecular formula is C32H47N7O6S. The van der Waals surface area contributed by atoms with Crippen molar-refractivity contribution in [2.75, 3.05) is 39.5 Å². The maximum atomic E-state index is 13.8. The first-order valence-corrected chi connectivity index (χ1v) is 16.6. The van der Waals surface area contributed by atoms with Crippen molar-refractivity contribution in [3.8, 4) is 10.4 Å². The van der Waals surface area contributed by atoms with Crippen molar-refractivity contribution in [3.63, 3.8) is 0 Å². The number of amides is 3. The van der Waals surface area contributed by atoms with Crippen LogP contribution in [0.2, 0.25) is 0 Å². The Balaban J connectivity index is 1.45. The number of aromatic nitrogens is 1. The molecule has 1 fully saturated rings. The van der Waals surface area contributed by atoms with E-state index in [0.717, 1.165) is 41.0 Å². The molecule has 0 radical (unpaired) electrons. The summed E-state index contributed by atoms with van der Waals surface area (Å²) in [6.07, 6.45) is 2.53. The van der Waals surface area contributed by atoms with Crippen LogP contribution in [0.4, 0.5) is 0 Å². The van der Waals surface area contributed by atoms with Gasteiger partial charge in [0.2, 0.25) is 17.7 Å². The molecule has 46 heavy (non-hydrogen) atoms. The van der Waals surface area contributed by atoms with E-state index in [4.69, 9.17) is 15.0 Å². The number of rotatable bonds is 18. The summed E-state index contributed by atoms with van der Waals surface area (Å²) < 4.78 is 11.1. The van der Waals surface area contributed by atoms with Crippen LogP contribution < -0.4 is 10.6 Å². The Labute approximate surface area is 274 Å². The molecule has 3 atom stereocenters. The predicted molar refractivity (Wildman–Crippen MR) is 176 cm³/mol. The molecule has 2 aromatic rings. The lowest BCUT2D eigenvalue weighted by molar-refractivity contribution is -0.144. The standard InChI is InChI=1S/C32H47N7O6S/c1-22-28(46-21-35-22)24-11-9-23(10-12-24)18-34-30(42)26-17-25(40)19-39(26)31(43)29(32(2,3)4)37-27(41)20-45-16-8-15-44-14-7-5-6-13-36-38-33/h9-12,21,25-26,29,40H,5-8,13-20H2,1-4H3,(H,34,42)(H,37,41)/t25-,26+,29-/m1/s1. The van der Waals surface area contributed by atoms with Crippen molar-refractivity contribution in [2.24, 2.45) is 10.5 Å². The van der Waals surface area contributed by atoms with Crippen LogP contribution >= 0.6 is 11.3 Å². The molecule has 0 aliphatic carbocycles. The van der Waals surface area contributed by atoms with Crippen LogP contribution in [-0.4, -0.2) is 90.4 Å². The number of aryl methyl sites for hydroxylation is 1. The molecular weight excluding hydrogens is 610 g/mol. The molecule has 1 aromatic heterocycles. The van der Waals surface area contributed by atoms with Gasteiger partial charge in [-0.3, -0.25) is 14.4 Å². The average Bonchev–Trinajstić information content (AvgIpc) is 3.63. The second kappa shape index (κ2) is 18.6. The number of carbonyl (C=O) groups excluding carboxylic acids is 3. The summed E-state index contributed by atoms with van der Waals surface area (Å²) in [7, 11) is 0. The summed E-state index contributed by atoms with van der Waals surface area (Å²) in [5.41, 5.74) is 12.3. The lowest BCUT2D eigenvalue weighted by Crippen LogP contribution is -2.58. The fourth-order valence-electron chi connectivity index (χ4n) is 5.12. The van der Waals surface area contributed by atoms with Gasteiger partial charge in [0.15, 0.2) is 0 Å². The number of thiazole rings is 1. The number of benzene rings is 1. The molecule has 1 aliphatic rings. The number of unbranched alkanes of at least 4 members (excludes halogenated alkanes) is 2. The number of likely N-dealkylation sites (tertiary alicyclic amines) is 1. The van der Waals surface area contributed by atoms with E-state index in [-0.39, 0.29) is 32.0 Å². The number of hydrogen-bond acceptors (Lipinski definition) is 9. The highest BCUT2D eigenvalue weighted by Crippen LogP contribution is 2.28. The number of aliphatic hydroxyl groups is 1. The van der Waals surface area contributed by atoms with Gasteiger partial charge in [0.1, 0.15) is 18.7 Å². The van der Waals surface area contributed by atoms with Gasteiger partial charge in [0.05, 0.1) is 22.2 Å². The Morgan fingerprint density at radius 2 is 1.85 bits per heavy atom. The van der Waals surface area contributed by atoms with E-state index in [1.807, 2.05) is 57.5 Å². The Hall–Kier alpha value is -3.55. The highest BCUT2D eigenvalue weighted by molar-refractivity contribution is 7.13. The quantitative estimate of drug-likeness (QED) is 0.0933. The molecule has 3 N–H and O–H groups in total. The number of azide groups is 1. The molecule has 1 aliphatic heterocycles. The number of nitrogens with one attached hydrogen (secondary N) is 2. The van der Waals surface area contributed by atoms with Gasteiger partial charge < -0.3 is 30.1 Å². The fraction of sp³-hybridized carbons (Fsp3) is 0.625. The highest BCUT2D eigenvalue weighted by atomic mass is 32.1. The fourth-order valence-corrected chi connectivity index (χ4v) is 5.93. The van der Waals surface area contributed by atoms with Crippen molar-refractivity contribution in [3.05, 3.63) is 51.5 Å². The summed E-state index contributed by atoms with van der Waals surface area (Å²) in [6.45, 7) is 9.47. The maximum absolute atomic E-state index is 13.8. The molecule has 252 valence electrons. The van der Waals surface area contributed by atoms with Crippen LogP contribution in [0.3, 0.4) is 0 Å². The van der Waals surface area contributed by atoms with Gasteiger partial charge in [-0.2, -0.15) is 0 Å². The van der Waals surface area contributed by atoms with Crippen LogP contribution in [0.25, 0.3) is 20.9 Å². The normalized spacial score (nSPS) is 16.9. The monoisotopic (exact) mass is 657 g/mol. The third-order valence-corrected chi connectivity index (χ3v) is 8.61. The minimum absolute atomic E-state index is 0.00652. The largest absolute Gasteiger partial charge is 0.391 e. The number of ether oxygens (including phenoxy) is 2. The number of β-amino-alcohol motifs (C(OH)–C–C–N with tert-alkyl or cyclic N) is 1. The Morgan fingerprint density at radius 1 is 1.13 bits per heavy atom. The topological polar surface area (TPSA) is 179 Å². The molecule has 0 unspecified atom stereocenters. The van der Waals surface area contributed by atoms with E-state index in [9.17, 15) is 19.5 Å². The third kappa shape index (κ3) is 11.7. The van der Waals surface area contributed by atoms with Gasteiger partial charge in [-0.15, -0.1) is 11.3 Å². The Bertz CT molecular complexity index is 1320. The molecule has 2 heterocycles. The predicted octanol–water partition coefficient (Wildman–Crippen LogP) is 4.13. The van der Waals surface area contributed by atoms with E-state index in [2.05, 4.69) is 25.6 Å². The highest BCUT2D eigenvalue weighted by Gasteiger charge is 2.44. The molecule has 13 nitrogen and oxygen atoms in total. The first-order valence-electron chi connectivity index (χ1n) is 15.7. The van der Waals surface area contributed by atoms with Crippen LogP contribution in [0.1, 0.15) is 64.1 Å². The number of carbonyl (C=O) groups is 3. The lowest BCUT2D eigenvalue weighted by atomic mass is 9.85. The van der Waals surface area contributed by atoms with Crippen molar-refractivity contribution in [1.29, 1.82) is 0 Å². The average molecular weight is 658 g/mol. The van der Waals surface area contributed by atoms with Crippen LogP contribution in [-0.2, 0) is 30.4 Å². The van der Waals surface area contributed by atoms with Gasteiger partial charge >= 0.3 is 0 Å². The van der Waals surface area contributed by atoms with E-state index >= 15 is 0 Å². The Kier molecular flexibility index (Phi) is 14.9. The molecule has 1 saturated heterocycles. The summed E-state index contributed by atoms with van der Waals surface area (Å²) in [6, 6.07) is 6.09. The first kappa shape index (κ1) is 36.9. The second-order valence-electron chi connectivity index (χ2n) is 12.5. The zero-order valence-electron chi connectivity index (χ0n) is 27.2. The summed E-state index contributed by atoms with van der Waals surface area (Å²) in [5, 5.41) is 19.6. The van der Waals surface area contributed by atoms with Crippen LogP contribution in [0.15, 0.2) is 34.9 Å². The van der Waals surface area contributed by atoms with Crippen molar-refractivity contribution in [1.82, 2.24) is 20.5 Å². The molecule has 0 spiro atoms. The minimum atomic E-state index is -0.922. The van der Waals surface area contributed by atoms with Crippen molar-refractivity contribution in [2.45, 2.75) is 84.5 Å². The van der Waals surface area contributed by atoms with Crippen molar-refractivity contribution >= 4 is 29.1 Å². The molecule has 0 saturated carbocycles. The first-order chi connectivity index (χ1) is 22.0. The van der Waals surface area contributed by atoms with Crippen molar-refractivity contribution < 1.29 is 29.0 Å². The van der Waals surface area contributed by atoms with Gasteiger partial charge in [0.25, 0.3) is 0 Å². The van der Waals surface area contributed by atoms with E-state index < -0.39 is 35.4 Å². The van der Waals surface area contributed by atoms with Gasteiger partial charge in [-0.25, -0.2) is 4.98 Å². The van der Waals surface area contributed by atoms with E-state index in [1.54, 1.807) is 11.3 Å². The third-order valence-electron chi connectivity index (χ3n) is 7.63. The zero-order chi connectivity index (χ0) is 33.5. The molecule has 0 bridgehead atoms. The van der Waals surface area contributed by atoms with Gasteiger partial charge in [0, 0.05) is 50.8 Å². The smallest absolute Gasteiger partial charge is 0.246 e. The summed E-state index contributed by atoms with van der Waals surface area (Å²) in [5.74, 6) is -1.22. The lowest BCUT2D eigenvalue weighted by Gasteiger charge is -2.35. The Morgan fingerprint density at radius 3 is 2.52 bits per heavy atom. The maximum Gasteiger partial charge on any atom is 0.246 e. The van der Waals surface area contributed by atoms with E-state index in [0.29, 0.717) is 32.8 Å². The molecule has 1 aromatic carbocycles. The van der Waals surface area contributed by atoms with Gasteiger partial charge in [-0.1, -0.05) is 56.6 Å². The molecule has 3 rings (SSSR count). The number of nitrogens with zero attached hydrogens (tertiary/aromatic N) is 5. The summed E-state index contributed by atoms with van der Waals surface area (Å²) >= 11 is 1.58. The molecule has 14 heteroatoms. The summed E-state index contributed by atoms with van der Waals surface area (Å²) in [4.78, 5) is 49.3. The van der Waals surface area contributed by atoms with Gasteiger partial charge in [-0.05, 0) is 48.3 Å². The SMILES string of the molecule is Cc1ncsc1-c1ccc(CNC(=O)[C@@H]2C[C@@H](O)CN2C(=O)[C@@H](NC(=O)COCCCOCCCCCN=[N+]=[N-])C(C)(C)C)cc1. The zero-order valence-corrected chi connectivity index (χ0v) is 28.1. The number of aliphatic hydroxyl groups excluding tert-OH is 1. The van der Waals surface area contributed by atoms with E-state index in [1.165, 1.54) is 4.90 Å². The molecule has 3 amide bonds. The van der Waals surface area contributed by atoms with Crippen LogP contribution in [0.5, 0.6) is 0 Å².